The van der Waals surface area contributed by atoms with Gasteiger partial charge in [-0.1, -0.05) is 6.92 Å². The van der Waals surface area contributed by atoms with E-state index in [1.165, 1.54) is 14.2 Å². The summed E-state index contributed by atoms with van der Waals surface area (Å²) in [7, 11) is 4.43. The standard InChI is InChI=1S/C16H19N3O4/c1-5-14-18-11-8-10(6-7-13(11)19(14)2)17-12(16(21)23-4)9-15(20)22-3/h6-9,17H,5H2,1-4H3/b12-9+. The summed E-state index contributed by atoms with van der Waals surface area (Å²) in [6.45, 7) is 2.04. The van der Waals surface area contributed by atoms with Gasteiger partial charge < -0.3 is 19.4 Å². The van der Waals surface area contributed by atoms with Crippen LogP contribution >= 0.6 is 0 Å². The van der Waals surface area contributed by atoms with Crippen molar-refractivity contribution in [3.8, 4) is 0 Å². The number of hydrogen-bond acceptors (Lipinski definition) is 6. The lowest BCUT2D eigenvalue weighted by molar-refractivity contribution is -0.138. The highest BCUT2D eigenvalue weighted by atomic mass is 16.5. The maximum absolute atomic E-state index is 11.8. The van der Waals surface area contributed by atoms with Crippen LogP contribution < -0.4 is 5.32 Å². The smallest absolute Gasteiger partial charge is 0.354 e. The van der Waals surface area contributed by atoms with Gasteiger partial charge in [0.1, 0.15) is 11.5 Å². The summed E-state index contributed by atoms with van der Waals surface area (Å²) in [4.78, 5) is 27.7. The van der Waals surface area contributed by atoms with E-state index in [1.54, 1.807) is 6.07 Å². The summed E-state index contributed by atoms with van der Waals surface area (Å²) in [6.07, 6.45) is 1.87. The number of carbonyl (C=O) groups is 2. The molecule has 2 aromatic rings. The van der Waals surface area contributed by atoms with Crippen LogP contribution in [0, 0.1) is 0 Å². The molecule has 0 bridgehead atoms. The first-order valence-electron chi connectivity index (χ1n) is 7.10. The summed E-state index contributed by atoms with van der Waals surface area (Å²) >= 11 is 0. The molecule has 0 saturated carbocycles. The highest BCUT2D eigenvalue weighted by molar-refractivity contribution is 5.99. The molecule has 122 valence electrons. The van der Waals surface area contributed by atoms with Crippen LogP contribution in [-0.4, -0.2) is 35.7 Å². The van der Waals surface area contributed by atoms with Crippen LogP contribution in [0.25, 0.3) is 11.0 Å². The Morgan fingerprint density at radius 2 is 2.04 bits per heavy atom. The van der Waals surface area contributed by atoms with Gasteiger partial charge in [-0.2, -0.15) is 0 Å². The molecule has 1 aromatic heterocycles. The summed E-state index contributed by atoms with van der Waals surface area (Å²) < 4.78 is 11.2. The van der Waals surface area contributed by atoms with Crippen LogP contribution in [0.2, 0.25) is 0 Å². The van der Waals surface area contributed by atoms with Gasteiger partial charge in [0, 0.05) is 19.2 Å². The molecule has 0 fully saturated rings. The van der Waals surface area contributed by atoms with Gasteiger partial charge >= 0.3 is 11.9 Å². The number of fused-ring (bicyclic) bond motifs is 1. The second kappa shape index (κ2) is 6.95. The molecule has 7 heteroatoms. The summed E-state index contributed by atoms with van der Waals surface area (Å²) in [5, 5.41) is 2.87. The van der Waals surface area contributed by atoms with E-state index >= 15 is 0 Å². The minimum absolute atomic E-state index is 0.00894. The largest absolute Gasteiger partial charge is 0.466 e. The first-order valence-corrected chi connectivity index (χ1v) is 7.10. The number of methoxy groups -OCH3 is 2. The molecule has 1 aromatic carbocycles. The van der Waals surface area contributed by atoms with E-state index in [4.69, 9.17) is 0 Å². The van der Waals surface area contributed by atoms with E-state index in [0.717, 1.165) is 29.4 Å². The average Bonchev–Trinajstić information content (AvgIpc) is 2.88. The van der Waals surface area contributed by atoms with Crippen molar-refractivity contribution in [1.82, 2.24) is 9.55 Å². The molecule has 2 rings (SSSR count). The highest BCUT2D eigenvalue weighted by Crippen LogP contribution is 2.21. The van der Waals surface area contributed by atoms with Crippen molar-refractivity contribution < 1.29 is 19.1 Å². The number of rotatable bonds is 5. The Balaban J connectivity index is 2.36. The SMILES string of the molecule is CCc1nc2cc(N/C(=C/C(=O)OC)C(=O)OC)ccc2n1C. The van der Waals surface area contributed by atoms with Gasteiger partial charge in [0.25, 0.3) is 0 Å². The molecule has 7 nitrogen and oxygen atoms in total. The van der Waals surface area contributed by atoms with Crippen molar-refractivity contribution in [2.24, 2.45) is 7.05 Å². The van der Waals surface area contributed by atoms with Crippen LogP contribution in [-0.2, 0) is 32.5 Å². The second-order valence-electron chi connectivity index (χ2n) is 4.84. The summed E-state index contributed by atoms with van der Waals surface area (Å²) in [6, 6.07) is 5.51. The van der Waals surface area contributed by atoms with Crippen molar-refractivity contribution in [1.29, 1.82) is 0 Å². The lowest BCUT2D eigenvalue weighted by atomic mass is 10.2. The zero-order valence-corrected chi connectivity index (χ0v) is 13.5. The van der Waals surface area contributed by atoms with Gasteiger partial charge in [0.2, 0.25) is 0 Å². The van der Waals surface area contributed by atoms with Crippen LogP contribution in [0.15, 0.2) is 30.0 Å². The Morgan fingerprint density at radius 1 is 1.30 bits per heavy atom. The third-order valence-corrected chi connectivity index (χ3v) is 3.44. The monoisotopic (exact) mass is 317 g/mol. The Kier molecular flexibility index (Phi) is 5.00. The maximum Gasteiger partial charge on any atom is 0.354 e. The molecule has 0 spiro atoms. The second-order valence-corrected chi connectivity index (χ2v) is 4.84. The molecule has 0 aliphatic heterocycles. The third-order valence-electron chi connectivity index (χ3n) is 3.44. The van der Waals surface area contributed by atoms with E-state index in [0.29, 0.717) is 5.69 Å². The molecule has 0 aliphatic carbocycles. The number of hydrogen-bond donors (Lipinski definition) is 1. The number of carbonyl (C=O) groups excluding carboxylic acids is 2. The molecule has 0 aliphatic rings. The number of nitrogens with zero attached hydrogens (tertiary/aromatic N) is 2. The number of aryl methyl sites for hydroxylation is 2. The molecule has 0 saturated heterocycles. The topological polar surface area (TPSA) is 82.4 Å². The van der Waals surface area contributed by atoms with Crippen LogP contribution in [0.3, 0.4) is 0 Å². The summed E-state index contributed by atoms with van der Waals surface area (Å²) in [5.41, 5.74) is 2.41. The molecule has 1 N–H and O–H groups in total. The Bertz CT molecular complexity index is 777. The van der Waals surface area contributed by atoms with Crippen molar-refractivity contribution >= 4 is 28.7 Å². The quantitative estimate of drug-likeness (QED) is 0.668. The van der Waals surface area contributed by atoms with Gasteiger partial charge in [0.05, 0.1) is 31.3 Å². The number of anilines is 1. The van der Waals surface area contributed by atoms with Gasteiger partial charge in [-0.15, -0.1) is 0 Å². The van der Waals surface area contributed by atoms with Crippen molar-refractivity contribution in [2.75, 3.05) is 19.5 Å². The van der Waals surface area contributed by atoms with E-state index in [-0.39, 0.29) is 5.70 Å². The number of aromatic nitrogens is 2. The molecule has 0 radical (unpaired) electrons. The minimum Gasteiger partial charge on any atom is -0.466 e. The lowest BCUT2D eigenvalue weighted by Crippen LogP contribution is -2.15. The Labute approximate surface area is 133 Å². The number of esters is 2. The first kappa shape index (κ1) is 16.5. The van der Waals surface area contributed by atoms with Gasteiger partial charge in [-0.3, -0.25) is 0 Å². The zero-order chi connectivity index (χ0) is 17.0. The van der Waals surface area contributed by atoms with Gasteiger partial charge in [0.15, 0.2) is 0 Å². The predicted molar refractivity (Wildman–Crippen MR) is 85.8 cm³/mol. The minimum atomic E-state index is -0.661. The van der Waals surface area contributed by atoms with Crippen molar-refractivity contribution in [3.63, 3.8) is 0 Å². The number of nitrogens with one attached hydrogen (secondary N) is 1. The van der Waals surface area contributed by atoms with E-state index in [1.807, 2.05) is 30.7 Å². The molecule has 0 atom stereocenters. The average molecular weight is 317 g/mol. The van der Waals surface area contributed by atoms with E-state index in [2.05, 4.69) is 19.8 Å². The molecule has 1 heterocycles. The lowest BCUT2D eigenvalue weighted by Gasteiger charge is -2.09. The molecule has 0 unspecified atom stereocenters. The van der Waals surface area contributed by atoms with Crippen LogP contribution in [0.4, 0.5) is 5.69 Å². The number of benzene rings is 1. The Morgan fingerprint density at radius 3 is 2.65 bits per heavy atom. The molecular weight excluding hydrogens is 298 g/mol. The molecule has 0 amide bonds. The number of ether oxygens (including phenoxy) is 2. The summed E-state index contributed by atoms with van der Waals surface area (Å²) in [5.74, 6) is -0.341. The highest BCUT2D eigenvalue weighted by Gasteiger charge is 2.14. The molecule has 23 heavy (non-hydrogen) atoms. The fourth-order valence-electron chi connectivity index (χ4n) is 2.23. The first-order chi connectivity index (χ1) is 11.0. The van der Waals surface area contributed by atoms with Crippen LogP contribution in [0.1, 0.15) is 12.7 Å². The zero-order valence-electron chi connectivity index (χ0n) is 13.5. The Hall–Kier alpha value is -2.83. The number of imidazole rings is 1. The van der Waals surface area contributed by atoms with Gasteiger partial charge in [-0.25, -0.2) is 14.6 Å². The third kappa shape index (κ3) is 3.50. The molecular formula is C16H19N3O4. The maximum atomic E-state index is 11.8. The van der Waals surface area contributed by atoms with E-state index in [9.17, 15) is 9.59 Å². The normalized spacial score (nSPS) is 11.4. The van der Waals surface area contributed by atoms with Crippen molar-refractivity contribution in [2.45, 2.75) is 13.3 Å². The fourth-order valence-corrected chi connectivity index (χ4v) is 2.23. The van der Waals surface area contributed by atoms with Crippen LogP contribution in [0.5, 0.6) is 0 Å². The fraction of sp³-hybridized carbons (Fsp3) is 0.312. The van der Waals surface area contributed by atoms with E-state index < -0.39 is 11.9 Å². The van der Waals surface area contributed by atoms with Crippen molar-refractivity contribution in [3.05, 3.63) is 35.8 Å². The van der Waals surface area contributed by atoms with Gasteiger partial charge in [-0.05, 0) is 18.2 Å². The predicted octanol–water partition coefficient (Wildman–Crippen LogP) is 1.78.